The van der Waals surface area contributed by atoms with Crippen LogP contribution in [-0.4, -0.2) is 46.4 Å². The highest BCUT2D eigenvalue weighted by molar-refractivity contribution is 9.10. The zero-order valence-electron chi connectivity index (χ0n) is 14.2. The molecular formula is C17H23BrN4O2. The smallest absolute Gasteiger partial charge is 0.410 e. The average molecular weight is 395 g/mol. The Bertz CT molecular complexity index is 738. The zero-order chi connectivity index (χ0) is 17.3. The predicted octanol–water partition coefficient (Wildman–Crippen LogP) is 3.99. The lowest BCUT2D eigenvalue weighted by atomic mass is 10.1. The maximum Gasteiger partial charge on any atom is 0.410 e. The minimum absolute atomic E-state index is 0.218. The molecule has 1 amide bonds. The lowest BCUT2D eigenvalue weighted by Gasteiger charge is -2.24. The van der Waals surface area contributed by atoms with Gasteiger partial charge in [0.05, 0.1) is 11.7 Å². The van der Waals surface area contributed by atoms with Crippen LogP contribution >= 0.6 is 15.9 Å². The van der Waals surface area contributed by atoms with E-state index in [-0.39, 0.29) is 6.09 Å². The number of anilines is 1. The molecule has 24 heavy (non-hydrogen) atoms. The number of rotatable bonds is 3. The maximum atomic E-state index is 12.1. The van der Waals surface area contributed by atoms with E-state index in [1.807, 2.05) is 33.0 Å². The van der Waals surface area contributed by atoms with Crippen LogP contribution in [0.2, 0.25) is 0 Å². The molecular weight excluding hydrogens is 372 g/mol. The van der Waals surface area contributed by atoms with Crippen LogP contribution in [0, 0.1) is 5.92 Å². The first-order valence-corrected chi connectivity index (χ1v) is 8.95. The Kier molecular flexibility index (Phi) is 4.71. The number of nitrogens with zero attached hydrogens (tertiary/aromatic N) is 2. The maximum absolute atomic E-state index is 12.1. The number of aromatic amines is 1. The van der Waals surface area contributed by atoms with Gasteiger partial charge in [0.25, 0.3) is 0 Å². The quantitative estimate of drug-likeness (QED) is 0.825. The molecule has 0 spiro atoms. The number of hydrogen-bond acceptors (Lipinski definition) is 4. The first-order chi connectivity index (χ1) is 11.3. The van der Waals surface area contributed by atoms with Crippen molar-refractivity contribution in [2.24, 2.45) is 5.92 Å². The van der Waals surface area contributed by atoms with Crippen molar-refractivity contribution in [3.05, 3.63) is 22.8 Å². The van der Waals surface area contributed by atoms with E-state index in [1.54, 1.807) is 4.90 Å². The first kappa shape index (κ1) is 17.1. The third-order valence-corrected chi connectivity index (χ3v) is 4.50. The molecule has 6 nitrogen and oxygen atoms in total. The van der Waals surface area contributed by atoms with Crippen molar-refractivity contribution in [3.63, 3.8) is 0 Å². The summed E-state index contributed by atoms with van der Waals surface area (Å²) in [6, 6.07) is 4.06. The molecule has 2 heterocycles. The Morgan fingerprint density at radius 3 is 3.04 bits per heavy atom. The van der Waals surface area contributed by atoms with Crippen LogP contribution in [0.15, 0.2) is 22.8 Å². The zero-order valence-corrected chi connectivity index (χ0v) is 15.8. The summed E-state index contributed by atoms with van der Waals surface area (Å²) in [5.41, 5.74) is 1.59. The highest BCUT2D eigenvalue weighted by Crippen LogP contribution is 2.28. The highest BCUT2D eigenvalue weighted by atomic mass is 79.9. The second kappa shape index (κ2) is 6.63. The summed E-state index contributed by atoms with van der Waals surface area (Å²) in [6.07, 6.45) is 2.59. The average Bonchev–Trinajstić information content (AvgIpc) is 3.11. The van der Waals surface area contributed by atoms with E-state index in [1.165, 1.54) is 0 Å². The summed E-state index contributed by atoms with van der Waals surface area (Å²) in [7, 11) is 0. The van der Waals surface area contributed by atoms with Crippen LogP contribution in [0.4, 0.5) is 10.5 Å². The summed E-state index contributed by atoms with van der Waals surface area (Å²) in [6.45, 7) is 7.97. The van der Waals surface area contributed by atoms with Crippen LogP contribution in [0.1, 0.15) is 27.2 Å². The van der Waals surface area contributed by atoms with Crippen molar-refractivity contribution < 1.29 is 9.53 Å². The molecule has 0 saturated carbocycles. The summed E-state index contributed by atoms with van der Waals surface area (Å²) in [5, 5.41) is 11.6. The fraction of sp³-hybridized carbons (Fsp3) is 0.529. The molecule has 1 atom stereocenters. The Morgan fingerprint density at radius 2 is 2.29 bits per heavy atom. The van der Waals surface area contributed by atoms with E-state index in [0.29, 0.717) is 5.92 Å². The third-order valence-electron chi connectivity index (χ3n) is 4.04. The second-order valence-corrected chi connectivity index (χ2v) is 8.16. The Hall–Kier alpha value is -1.76. The van der Waals surface area contributed by atoms with E-state index in [2.05, 4.69) is 37.5 Å². The molecule has 1 aromatic heterocycles. The number of halogens is 1. The van der Waals surface area contributed by atoms with Crippen LogP contribution in [0.3, 0.4) is 0 Å². The number of benzene rings is 1. The molecule has 1 aromatic carbocycles. The topological polar surface area (TPSA) is 70.2 Å². The first-order valence-electron chi connectivity index (χ1n) is 8.16. The Labute approximate surface area is 150 Å². The van der Waals surface area contributed by atoms with Gasteiger partial charge in [-0.15, -0.1) is 0 Å². The van der Waals surface area contributed by atoms with Gasteiger partial charge in [-0.25, -0.2) is 4.79 Å². The number of amides is 1. The lowest BCUT2D eigenvalue weighted by Crippen LogP contribution is -2.35. The number of nitrogens with one attached hydrogen (secondary N) is 2. The van der Waals surface area contributed by atoms with Gasteiger partial charge in [-0.1, -0.05) is 15.9 Å². The van der Waals surface area contributed by atoms with E-state index in [9.17, 15) is 4.79 Å². The fourth-order valence-corrected chi connectivity index (χ4v) is 3.37. The van der Waals surface area contributed by atoms with Gasteiger partial charge in [0.2, 0.25) is 0 Å². The second-order valence-electron chi connectivity index (χ2n) is 7.25. The molecule has 0 aliphatic carbocycles. The minimum atomic E-state index is -0.448. The van der Waals surface area contributed by atoms with Gasteiger partial charge in [-0.05, 0) is 45.2 Å². The van der Waals surface area contributed by atoms with Crippen molar-refractivity contribution in [2.75, 3.05) is 25.0 Å². The SMILES string of the molecule is CC(C)(C)OC(=O)N1CCC(CNc2cc(Br)cc3[nH]ncc23)C1. The molecule has 130 valence electrons. The molecule has 1 saturated heterocycles. The number of fused-ring (bicyclic) bond motifs is 1. The molecule has 2 N–H and O–H groups in total. The molecule has 1 aliphatic rings. The number of carbonyl (C=O) groups is 1. The van der Waals surface area contributed by atoms with E-state index in [4.69, 9.17) is 4.74 Å². The fourth-order valence-electron chi connectivity index (χ4n) is 2.91. The third kappa shape index (κ3) is 4.01. The van der Waals surface area contributed by atoms with E-state index in [0.717, 1.165) is 47.1 Å². The highest BCUT2D eigenvalue weighted by Gasteiger charge is 2.29. The van der Waals surface area contributed by atoms with Gasteiger partial charge in [-0.2, -0.15) is 5.10 Å². The number of hydrogen-bond donors (Lipinski definition) is 2. The summed E-state index contributed by atoms with van der Waals surface area (Å²) < 4.78 is 6.45. The van der Waals surface area contributed by atoms with Crippen LogP contribution in [-0.2, 0) is 4.74 Å². The Balaban J connectivity index is 1.58. The molecule has 1 aliphatic heterocycles. The van der Waals surface area contributed by atoms with Crippen molar-refractivity contribution in [1.82, 2.24) is 15.1 Å². The number of aromatic nitrogens is 2. The molecule has 2 aromatic rings. The minimum Gasteiger partial charge on any atom is -0.444 e. The van der Waals surface area contributed by atoms with Crippen LogP contribution < -0.4 is 5.32 Å². The van der Waals surface area contributed by atoms with Crippen molar-refractivity contribution in [2.45, 2.75) is 32.8 Å². The largest absolute Gasteiger partial charge is 0.444 e. The van der Waals surface area contributed by atoms with Gasteiger partial charge >= 0.3 is 6.09 Å². The van der Waals surface area contributed by atoms with Gasteiger partial charge in [0, 0.05) is 35.2 Å². The van der Waals surface area contributed by atoms with Gasteiger partial charge in [0.15, 0.2) is 0 Å². The van der Waals surface area contributed by atoms with Crippen molar-refractivity contribution >= 4 is 38.6 Å². The summed E-state index contributed by atoms with van der Waals surface area (Å²) in [5.74, 6) is 0.415. The summed E-state index contributed by atoms with van der Waals surface area (Å²) >= 11 is 3.52. The van der Waals surface area contributed by atoms with Gasteiger partial charge in [-0.3, -0.25) is 5.10 Å². The van der Waals surface area contributed by atoms with E-state index >= 15 is 0 Å². The van der Waals surface area contributed by atoms with E-state index < -0.39 is 5.60 Å². The van der Waals surface area contributed by atoms with Crippen molar-refractivity contribution in [3.8, 4) is 0 Å². The monoisotopic (exact) mass is 394 g/mol. The normalized spacial score (nSPS) is 18.2. The molecule has 7 heteroatoms. The lowest BCUT2D eigenvalue weighted by molar-refractivity contribution is 0.0289. The molecule has 0 bridgehead atoms. The number of ether oxygens (including phenoxy) is 1. The van der Waals surface area contributed by atoms with Crippen LogP contribution in [0.5, 0.6) is 0 Å². The molecule has 1 fully saturated rings. The number of H-pyrrole nitrogens is 1. The molecule has 3 rings (SSSR count). The molecule has 1 unspecified atom stereocenters. The summed E-state index contributed by atoms with van der Waals surface area (Å²) in [4.78, 5) is 13.9. The molecule has 0 radical (unpaired) electrons. The predicted molar refractivity (Wildman–Crippen MR) is 98.2 cm³/mol. The van der Waals surface area contributed by atoms with Crippen LogP contribution in [0.25, 0.3) is 10.9 Å². The standard InChI is InChI=1S/C17H23BrN4O2/c1-17(2,3)24-16(23)22-5-4-11(10-22)8-19-14-6-12(18)7-15-13(14)9-20-21-15/h6-7,9,11,19H,4-5,8,10H2,1-3H3,(H,20,21). The number of carbonyl (C=O) groups excluding carboxylic acids is 1. The van der Waals surface area contributed by atoms with Crippen molar-refractivity contribution in [1.29, 1.82) is 0 Å². The number of likely N-dealkylation sites (tertiary alicyclic amines) is 1. The Morgan fingerprint density at radius 1 is 1.50 bits per heavy atom. The van der Waals surface area contributed by atoms with Gasteiger partial charge in [0.1, 0.15) is 5.60 Å². The van der Waals surface area contributed by atoms with Gasteiger partial charge < -0.3 is 15.0 Å².